The van der Waals surface area contributed by atoms with Crippen molar-refractivity contribution < 1.29 is 14.4 Å². The summed E-state index contributed by atoms with van der Waals surface area (Å²) in [5, 5.41) is 25.2. The van der Waals surface area contributed by atoms with E-state index in [9.17, 15) is 9.59 Å². The fourth-order valence-corrected chi connectivity index (χ4v) is 1.90. The van der Waals surface area contributed by atoms with Crippen molar-refractivity contribution in [2.75, 3.05) is 0 Å². The van der Waals surface area contributed by atoms with Crippen LogP contribution in [0.1, 0.15) is 35.5 Å². The van der Waals surface area contributed by atoms with Crippen molar-refractivity contribution in [3.63, 3.8) is 0 Å². The molecule has 0 aliphatic heterocycles. The van der Waals surface area contributed by atoms with Crippen LogP contribution in [-0.2, 0) is 6.54 Å². The van der Waals surface area contributed by atoms with Crippen LogP contribution in [0.3, 0.4) is 0 Å². The van der Waals surface area contributed by atoms with E-state index in [2.05, 4.69) is 10.3 Å². The summed E-state index contributed by atoms with van der Waals surface area (Å²) in [4.78, 5) is 23.3. The second kappa shape index (κ2) is 5.52. The number of carboxylic acid groups (broad SMARTS) is 1. The van der Waals surface area contributed by atoms with Crippen molar-refractivity contribution in [2.24, 2.45) is 0 Å². The Morgan fingerprint density at radius 2 is 2.25 bits per heavy atom. The molecule has 0 aliphatic rings. The van der Waals surface area contributed by atoms with E-state index in [-0.39, 0.29) is 28.9 Å². The summed E-state index contributed by atoms with van der Waals surface area (Å²) < 4.78 is 5.94. The van der Waals surface area contributed by atoms with Crippen LogP contribution in [0.25, 0.3) is 10.9 Å². The second-order valence-corrected chi connectivity index (χ2v) is 4.26. The molecule has 20 heavy (non-hydrogen) atoms. The summed E-state index contributed by atoms with van der Waals surface area (Å²) in [6.07, 6.45) is 1.55. The van der Waals surface area contributed by atoms with Gasteiger partial charge < -0.3 is 9.63 Å². The fraction of sp³-hybridized carbons (Fsp3) is 0.417. The van der Waals surface area contributed by atoms with Gasteiger partial charge in [-0.2, -0.15) is 10.4 Å². The van der Waals surface area contributed by atoms with E-state index >= 15 is 0 Å². The van der Waals surface area contributed by atoms with Gasteiger partial charge in [0.2, 0.25) is 0 Å². The largest absolute Gasteiger partial charge is 0.476 e. The van der Waals surface area contributed by atoms with Gasteiger partial charge in [-0.15, -0.1) is 0 Å². The van der Waals surface area contributed by atoms with Crippen LogP contribution in [-0.4, -0.2) is 26.0 Å². The van der Waals surface area contributed by atoms with E-state index < -0.39 is 11.5 Å². The molecule has 0 fully saturated rings. The molecule has 0 unspecified atom stereocenters. The lowest BCUT2D eigenvalue weighted by molar-refractivity contribution is 0.0689. The van der Waals surface area contributed by atoms with Gasteiger partial charge in [0.05, 0.1) is 11.5 Å². The quantitative estimate of drug-likeness (QED) is 0.810. The van der Waals surface area contributed by atoms with E-state index in [1.807, 2.05) is 6.07 Å². The zero-order valence-corrected chi connectivity index (χ0v) is 10.8. The first-order valence-corrected chi connectivity index (χ1v) is 6.03. The lowest BCUT2D eigenvalue weighted by atomic mass is 10.2. The van der Waals surface area contributed by atoms with Gasteiger partial charge in [-0.1, -0.05) is 5.16 Å². The molecule has 104 valence electrons. The maximum Gasteiger partial charge on any atom is 0.357 e. The zero-order valence-electron chi connectivity index (χ0n) is 10.8. The monoisotopic (exact) mass is 276 g/mol. The number of nitriles is 1. The number of fused-ring (bicyclic) bond motifs is 1. The molecule has 0 radical (unpaired) electrons. The van der Waals surface area contributed by atoms with Gasteiger partial charge in [-0.05, 0) is 19.8 Å². The smallest absolute Gasteiger partial charge is 0.357 e. The van der Waals surface area contributed by atoms with Crippen LogP contribution in [0.4, 0.5) is 0 Å². The Bertz CT molecular complexity index is 753. The van der Waals surface area contributed by atoms with Gasteiger partial charge in [-0.25, -0.2) is 9.48 Å². The highest BCUT2D eigenvalue weighted by molar-refractivity contribution is 6.00. The van der Waals surface area contributed by atoms with Gasteiger partial charge in [0.1, 0.15) is 5.76 Å². The van der Waals surface area contributed by atoms with Crippen LogP contribution >= 0.6 is 0 Å². The third kappa shape index (κ3) is 2.38. The molecule has 2 aromatic heterocycles. The van der Waals surface area contributed by atoms with Crippen molar-refractivity contribution >= 4 is 16.9 Å². The number of nitrogens with zero attached hydrogens (tertiary/aromatic N) is 4. The minimum atomic E-state index is -1.24. The maximum atomic E-state index is 12.1. The van der Waals surface area contributed by atoms with Crippen molar-refractivity contribution in [2.45, 2.75) is 32.7 Å². The third-order valence-corrected chi connectivity index (χ3v) is 2.87. The summed E-state index contributed by atoms with van der Waals surface area (Å²) in [5.74, 6) is -0.995. The predicted octanol–water partition coefficient (Wildman–Crippen LogP) is 1.08. The minimum absolute atomic E-state index is 0.0322. The lowest BCUT2D eigenvalue weighted by Crippen LogP contribution is -2.26. The molecule has 2 aromatic rings. The van der Waals surface area contributed by atoms with Gasteiger partial charge in [-0.3, -0.25) is 4.79 Å². The molecule has 0 bridgehead atoms. The lowest BCUT2D eigenvalue weighted by Gasteiger charge is -2.05. The number of hydrogen-bond donors (Lipinski definition) is 1. The average Bonchev–Trinajstić information content (AvgIpc) is 2.79. The Morgan fingerprint density at radius 3 is 2.90 bits per heavy atom. The van der Waals surface area contributed by atoms with E-state index in [0.717, 1.165) is 4.68 Å². The van der Waals surface area contributed by atoms with E-state index in [4.69, 9.17) is 14.9 Å². The highest BCUT2D eigenvalue weighted by Crippen LogP contribution is 2.17. The predicted molar refractivity (Wildman–Crippen MR) is 67.2 cm³/mol. The number of aromatic carboxylic acids is 1. The van der Waals surface area contributed by atoms with E-state index in [1.165, 1.54) is 6.92 Å². The van der Waals surface area contributed by atoms with Crippen molar-refractivity contribution in [1.29, 1.82) is 5.26 Å². The maximum absolute atomic E-state index is 12.1. The van der Waals surface area contributed by atoms with Crippen LogP contribution in [0.5, 0.6) is 0 Å². The highest BCUT2D eigenvalue weighted by atomic mass is 16.5. The molecule has 2 rings (SSSR count). The van der Waals surface area contributed by atoms with Gasteiger partial charge >= 0.3 is 5.97 Å². The number of unbranched alkanes of at least 4 members (excludes halogenated alkanes) is 2. The van der Waals surface area contributed by atoms with Crippen molar-refractivity contribution in [3.8, 4) is 6.07 Å². The Labute approximate surface area is 113 Å². The molecule has 0 aromatic carbocycles. The summed E-state index contributed by atoms with van der Waals surface area (Å²) >= 11 is 0. The number of carbonyl (C=O) groups is 1. The molecule has 0 aliphatic carbocycles. The summed E-state index contributed by atoms with van der Waals surface area (Å²) in [6, 6.07) is 2.00. The zero-order chi connectivity index (χ0) is 14.7. The van der Waals surface area contributed by atoms with E-state index in [0.29, 0.717) is 19.3 Å². The Kier molecular flexibility index (Phi) is 3.79. The van der Waals surface area contributed by atoms with Crippen LogP contribution in [0.15, 0.2) is 9.32 Å². The molecule has 0 atom stereocenters. The Balaban J connectivity index is 2.46. The molecule has 0 spiro atoms. The molecular formula is C12H12N4O4. The summed E-state index contributed by atoms with van der Waals surface area (Å²) in [6.45, 7) is 1.77. The van der Waals surface area contributed by atoms with Crippen LogP contribution in [0, 0.1) is 18.3 Å². The van der Waals surface area contributed by atoms with Crippen LogP contribution < -0.4 is 5.56 Å². The first-order chi connectivity index (χ1) is 9.56. The molecule has 1 N–H and O–H groups in total. The first kappa shape index (κ1) is 13.7. The topological polar surface area (TPSA) is 122 Å². The molecule has 8 heteroatoms. The van der Waals surface area contributed by atoms with Crippen molar-refractivity contribution in [3.05, 3.63) is 21.8 Å². The number of rotatable bonds is 5. The molecule has 0 saturated carbocycles. The summed E-state index contributed by atoms with van der Waals surface area (Å²) in [5.41, 5.74) is -0.771. The molecule has 0 saturated heterocycles. The van der Waals surface area contributed by atoms with Gasteiger partial charge in [0.15, 0.2) is 11.2 Å². The Morgan fingerprint density at radius 1 is 1.50 bits per heavy atom. The fourth-order valence-electron chi connectivity index (χ4n) is 1.90. The average molecular weight is 276 g/mol. The van der Waals surface area contributed by atoms with E-state index in [1.54, 1.807) is 0 Å². The Hall–Kier alpha value is -2.69. The second-order valence-electron chi connectivity index (χ2n) is 4.26. The number of hydrogen-bond acceptors (Lipinski definition) is 6. The van der Waals surface area contributed by atoms with Gasteiger partial charge in [0, 0.05) is 13.0 Å². The summed E-state index contributed by atoms with van der Waals surface area (Å²) in [7, 11) is 0. The molecule has 0 amide bonds. The molecular weight excluding hydrogens is 264 g/mol. The standard InChI is InChI=1S/C12H12N4O4/c1-7-8-9(15-20-7)11(17)16(6-4-2-3-5-13)14-10(8)12(18)19/h2-4,6H2,1H3,(H,18,19). The highest BCUT2D eigenvalue weighted by Gasteiger charge is 2.21. The number of aryl methyl sites for hydroxylation is 2. The molecule has 2 heterocycles. The molecule has 8 nitrogen and oxygen atoms in total. The normalized spacial score (nSPS) is 10.6. The van der Waals surface area contributed by atoms with Gasteiger partial charge in [0.25, 0.3) is 5.56 Å². The third-order valence-electron chi connectivity index (χ3n) is 2.87. The SMILES string of the molecule is Cc1onc2c(=O)n(CCCCC#N)nc(C(=O)O)c12. The van der Waals surface area contributed by atoms with Crippen LogP contribution in [0.2, 0.25) is 0 Å². The number of aromatic nitrogens is 3. The number of carboxylic acids is 1. The minimum Gasteiger partial charge on any atom is -0.476 e. The van der Waals surface area contributed by atoms with Crippen molar-refractivity contribution in [1.82, 2.24) is 14.9 Å². The first-order valence-electron chi connectivity index (χ1n) is 6.03.